The molecular formula is C16H22N2O2. The first-order valence-corrected chi connectivity index (χ1v) is 7.07. The molecule has 2 heterocycles. The van der Waals surface area contributed by atoms with Crippen LogP contribution >= 0.6 is 0 Å². The average Bonchev–Trinajstić information content (AvgIpc) is 2.94. The molecule has 0 aliphatic carbocycles. The largest absolute Gasteiger partial charge is 0.466 e. The van der Waals surface area contributed by atoms with E-state index in [1.807, 2.05) is 37.7 Å². The van der Waals surface area contributed by atoms with E-state index in [2.05, 4.69) is 18.9 Å². The molecule has 108 valence electrons. The highest BCUT2D eigenvalue weighted by molar-refractivity contribution is 5.99. The van der Waals surface area contributed by atoms with Crippen molar-refractivity contribution in [3.05, 3.63) is 40.6 Å². The third-order valence-electron chi connectivity index (χ3n) is 3.89. The van der Waals surface area contributed by atoms with Crippen molar-refractivity contribution in [2.75, 3.05) is 0 Å². The lowest BCUT2D eigenvalue weighted by Crippen LogP contribution is -2.09. The van der Waals surface area contributed by atoms with Crippen molar-refractivity contribution >= 4 is 5.78 Å². The summed E-state index contributed by atoms with van der Waals surface area (Å²) in [4.78, 5) is 12.4. The average molecular weight is 274 g/mol. The number of hydrogen-bond acceptors (Lipinski definition) is 3. The summed E-state index contributed by atoms with van der Waals surface area (Å²) >= 11 is 0. The maximum absolute atomic E-state index is 12.4. The Morgan fingerprint density at radius 1 is 1.35 bits per heavy atom. The molecule has 1 atom stereocenters. The molecule has 0 aromatic carbocycles. The molecule has 0 aliphatic heterocycles. The summed E-state index contributed by atoms with van der Waals surface area (Å²) < 4.78 is 7.44. The van der Waals surface area contributed by atoms with Crippen LogP contribution in [-0.4, -0.2) is 15.6 Å². The summed E-state index contributed by atoms with van der Waals surface area (Å²) in [5.74, 6) is 1.59. The van der Waals surface area contributed by atoms with Gasteiger partial charge in [-0.15, -0.1) is 0 Å². The Labute approximate surface area is 119 Å². The topological polar surface area (TPSA) is 48.0 Å². The smallest absolute Gasteiger partial charge is 0.172 e. The maximum atomic E-state index is 12.4. The Morgan fingerprint density at radius 3 is 2.60 bits per heavy atom. The Morgan fingerprint density at radius 2 is 2.05 bits per heavy atom. The van der Waals surface area contributed by atoms with E-state index in [9.17, 15) is 4.79 Å². The minimum absolute atomic E-state index is 0.0752. The van der Waals surface area contributed by atoms with Gasteiger partial charge in [0.1, 0.15) is 11.5 Å². The number of hydrogen-bond donors (Lipinski definition) is 0. The van der Waals surface area contributed by atoms with E-state index in [0.29, 0.717) is 23.8 Å². The zero-order valence-electron chi connectivity index (χ0n) is 12.9. The van der Waals surface area contributed by atoms with Gasteiger partial charge in [0.15, 0.2) is 5.78 Å². The van der Waals surface area contributed by atoms with Gasteiger partial charge in [0, 0.05) is 17.8 Å². The van der Waals surface area contributed by atoms with Crippen LogP contribution in [0.3, 0.4) is 0 Å². The Hall–Kier alpha value is -1.84. The number of furan rings is 1. The van der Waals surface area contributed by atoms with Crippen LogP contribution in [0.1, 0.15) is 59.4 Å². The van der Waals surface area contributed by atoms with Crippen LogP contribution < -0.4 is 0 Å². The molecule has 0 fully saturated rings. The molecule has 4 nitrogen and oxygen atoms in total. The predicted octanol–water partition coefficient (Wildman–Crippen LogP) is 3.80. The van der Waals surface area contributed by atoms with E-state index in [1.54, 1.807) is 0 Å². The van der Waals surface area contributed by atoms with Crippen molar-refractivity contribution in [2.24, 2.45) is 0 Å². The molecule has 2 aromatic rings. The van der Waals surface area contributed by atoms with Crippen molar-refractivity contribution in [1.29, 1.82) is 0 Å². The minimum atomic E-state index is 0.0752. The second-order valence-electron chi connectivity index (χ2n) is 5.36. The van der Waals surface area contributed by atoms with Crippen molar-refractivity contribution in [2.45, 2.75) is 53.5 Å². The molecule has 0 radical (unpaired) electrons. The first-order valence-electron chi connectivity index (χ1n) is 7.07. The number of carbonyl (C=O) groups is 1. The number of aryl methyl sites for hydroxylation is 2. The molecule has 2 aromatic heterocycles. The lowest BCUT2D eigenvalue weighted by atomic mass is 10.0. The first kappa shape index (κ1) is 14.6. The van der Waals surface area contributed by atoms with Crippen molar-refractivity contribution in [3.8, 4) is 0 Å². The molecule has 20 heavy (non-hydrogen) atoms. The van der Waals surface area contributed by atoms with Gasteiger partial charge < -0.3 is 4.42 Å². The second kappa shape index (κ2) is 5.65. The Bertz CT molecular complexity index is 622. The Balaban J connectivity index is 2.17. The van der Waals surface area contributed by atoms with E-state index in [0.717, 1.165) is 23.4 Å². The molecule has 2 rings (SSSR count). The fourth-order valence-electron chi connectivity index (χ4n) is 2.36. The van der Waals surface area contributed by atoms with Gasteiger partial charge in [0.25, 0.3) is 0 Å². The summed E-state index contributed by atoms with van der Waals surface area (Å²) in [7, 11) is 0. The van der Waals surface area contributed by atoms with Crippen molar-refractivity contribution in [3.63, 3.8) is 0 Å². The molecule has 0 saturated carbocycles. The van der Waals surface area contributed by atoms with E-state index >= 15 is 0 Å². The first-order chi connectivity index (χ1) is 9.43. The molecule has 4 heteroatoms. The number of Topliss-reactive ketones (excluding diaryl/α,β-unsaturated/α-hetero) is 1. The number of rotatable bonds is 5. The van der Waals surface area contributed by atoms with Gasteiger partial charge in [0.2, 0.25) is 0 Å². The quantitative estimate of drug-likeness (QED) is 0.779. The number of ketones is 1. The van der Waals surface area contributed by atoms with E-state index < -0.39 is 0 Å². The molecule has 0 N–H and O–H groups in total. The number of carbonyl (C=O) groups excluding carboxylic acids is 1. The van der Waals surface area contributed by atoms with Gasteiger partial charge in [-0.25, -0.2) is 0 Å². The third-order valence-corrected chi connectivity index (χ3v) is 3.89. The fraction of sp³-hybridized carbons (Fsp3) is 0.500. The van der Waals surface area contributed by atoms with Crippen LogP contribution in [0.15, 0.2) is 16.7 Å². The lowest BCUT2D eigenvalue weighted by molar-refractivity contribution is 0.0989. The molecule has 1 unspecified atom stereocenters. The summed E-state index contributed by atoms with van der Waals surface area (Å²) in [5.41, 5.74) is 2.46. The van der Waals surface area contributed by atoms with Crippen LogP contribution in [0.5, 0.6) is 0 Å². The van der Waals surface area contributed by atoms with Crippen LogP contribution in [-0.2, 0) is 6.42 Å². The van der Waals surface area contributed by atoms with Crippen LogP contribution in [0.4, 0.5) is 0 Å². The fourth-order valence-corrected chi connectivity index (χ4v) is 2.36. The lowest BCUT2D eigenvalue weighted by Gasteiger charge is -2.08. The highest BCUT2D eigenvalue weighted by atomic mass is 16.3. The third kappa shape index (κ3) is 2.69. The van der Waals surface area contributed by atoms with Gasteiger partial charge in [-0.05, 0) is 40.2 Å². The van der Waals surface area contributed by atoms with E-state index in [1.165, 1.54) is 0 Å². The SMILES string of the molecule is CCC(C)n1ccc(CC(=O)c2c(C)oc(C)c2C)n1. The summed E-state index contributed by atoms with van der Waals surface area (Å²) in [6.45, 7) is 9.89. The van der Waals surface area contributed by atoms with Crippen LogP contribution in [0, 0.1) is 20.8 Å². The molecule has 0 spiro atoms. The van der Waals surface area contributed by atoms with Gasteiger partial charge in [0.05, 0.1) is 17.7 Å². The molecule has 0 bridgehead atoms. The summed E-state index contributed by atoms with van der Waals surface area (Å²) in [6, 6.07) is 2.28. The van der Waals surface area contributed by atoms with Crippen LogP contribution in [0.2, 0.25) is 0 Å². The van der Waals surface area contributed by atoms with Gasteiger partial charge in [-0.3, -0.25) is 9.48 Å². The van der Waals surface area contributed by atoms with E-state index in [-0.39, 0.29) is 5.78 Å². The standard InChI is InChI=1S/C16H22N2O2/c1-6-10(2)18-8-7-14(17-18)9-15(19)16-11(3)12(4)20-13(16)5/h7-8,10H,6,9H2,1-5H3. The summed E-state index contributed by atoms with van der Waals surface area (Å²) in [6.07, 6.45) is 3.29. The highest BCUT2D eigenvalue weighted by Gasteiger charge is 2.19. The minimum Gasteiger partial charge on any atom is -0.466 e. The van der Waals surface area contributed by atoms with Crippen molar-refractivity contribution in [1.82, 2.24) is 9.78 Å². The van der Waals surface area contributed by atoms with Crippen molar-refractivity contribution < 1.29 is 9.21 Å². The summed E-state index contributed by atoms with van der Waals surface area (Å²) in [5, 5.41) is 4.48. The van der Waals surface area contributed by atoms with Gasteiger partial charge in [-0.2, -0.15) is 5.10 Å². The zero-order valence-corrected chi connectivity index (χ0v) is 12.9. The number of nitrogens with zero attached hydrogens (tertiary/aromatic N) is 2. The van der Waals surface area contributed by atoms with Gasteiger partial charge >= 0.3 is 0 Å². The predicted molar refractivity (Wildman–Crippen MR) is 78.2 cm³/mol. The number of aromatic nitrogens is 2. The van der Waals surface area contributed by atoms with Crippen LogP contribution in [0.25, 0.3) is 0 Å². The molecular weight excluding hydrogens is 252 g/mol. The maximum Gasteiger partial charge on any atom is 0.172 e. The van der Waals surface area contributed by atoms with Gasteiger partial charge in [-0.1, -0.05) is 6.92 Å². The Kier molecular flexibility index (Phi) is 4.12. The molecule has 0 amide bonds. The highest BCUT2D eigenvalue weighted by Crippen LogP contribution is 2.22. The van der Waals surface area contributed by atoms with E-state index in [4.69, 9.17) is 4.42 Å². The normalized spacial score (nSPS) is 12.7. The zero-order chi connectivity index (χ0) is 14.9. The molecule has 0 saturated heterocycles. The second-order valence-corrected chi connectivity index (χ2v) is 5.36. The monoisotopic (exact) mass is 274 g/mol. The molecule has 0 aliphatic rings.